The molecule has 1 heterocycles. The lowest BCUT2D eigenvalue weighted by atomic mass is 10.1. The van der Waals surface area contributed by atoms with Gasteiger partial charge in [-0.15, -0.1) is 0 Å². The molecule has 2 aromatic rings. The van der Waals surface area contributed by atoms with Crippen molar-refractivity contribution < 1.29 is 10.0 Å². The van der Waals surface area contributed by atoms with Gasteiger partial charge >= 0.3 is 0 Å². The van der Waals surface area contributed by atoms with Crippen molar-refractivity contribution in [2.24, 2.45) is 0 Å². The van der Waals surface area contributed by atoms with Crippen molar-refractivity contribution in [3.8, 4) is 0 Å². The highest BCUT2D eigenvalue weighted by Gasteiger charge is 2.09. The largest absolute Gasteiger partial charge is 0.396 e. The number of nitro groups is 1. The van der Waals surface area contributed by atoms with Crippen molar-refractivity contribution in [1.29, 1.82) is 0 Å². The first kappa shape index (κ1) is 9.67. The van der Waals surface area contributed by atoms with Gasteiger partial charge in [0.15, 0.2) is 0 Å². The molecule has 0 bridgehead atoms. The molecule has 0 radical (unpaired) electrons. The van der Waals surface area contributed by atoms with E-state index in [1.165, 1.54) is 12.1 Å². The van der Waals surface area contributed by atoms with Gasteiger partial charge in [-0.1, -0.05) is 0 Å². The summed E-state index contributed by atoms with van der Waals surface area (Å²) >= 11 is 0. The maximum atomic E-state index is 10.6. The summed E-state index contributed by atoms with van der Waals surface area (Å²) in [6.07, 6.45) is 2.27. The molecule has 0 atom stereocenters. The van der Waals surface area contributed by atoms with Gasteiger partial charge in [-0.25, -0.2) is 0 Å². The second-order valence-corrected chi connectivity index (χ2v) is 3.27. The quantitative estimate of drug-likeness (QED) is 0.591. The Hall–Kier alpha value is -1.88. The monoisotopic (exact) mass is 206 g/mol. The Kier molecular flexibility index (Phi) is 2.39. The molecule has 0 spiro atoms. The average Bonchev–Trinajstić information content (AvgIpc) is 2.61. The number of benzene rings is 1. The summed E-state index contributed by atoms with van der Waals surface area (Å²) in [6, 6.07) is 4.66. The Morgan fingerprint density at radius 3 is 2.93 bits per heavy atom. The Labute approximate surface area is 85.5 Å². The Morgan fingerprint density at radius 1 is 1.47 bits per heavy atom. The number of rotatable bonds is 3. The van der Waals surface area contributed by atoms with E-state index in [1.807, 2.05) is 0 Å². The van der Waals surface area contributed by atoms with Gasteiger partial charge in [-0.2, -0.15) is 0 Å². The van der Waals surface area contributed by atoms with E-state index in [0.717, 1.165) is 16.5 Å². The molecule has 0 fully saturated rings. The first-order valence-electron chi connectivity index (χ1n) is 4.57. The summed E-state index contributed by atoms with van der Waals surface area (Å²) in [6.45, 7) is 0.0373. The minimum atomic E-state index is -0.421. The van der Waals surface area contributed by atoms with Crippen LogP contribution < -0.4 is 0 Å². The third-order valence-corrected chi connectivity index (χ3v) is 2.34. The van der Waals surface area contributed by atoms with Crippen molar-refractivity contribution in [2.45, 2.75) is 6.42 Å². The normalized spacial score (nSPS) is 10.7. The highest BCUT2D eigenvalue weighted by molar-refractivity contribution is 5.85. The van der Waals surface area contributed by atoms with Gasteiger partial charge in [0.05, 0.1) is 4.92 Å². The maximum absolute atomic E-state index is 10.6. The number of aromatic nitrogens is 1. The first-order chi connectivity index (χ1) is 7.22. The number of aliphatic hydroxyl groups excluding tert-OH is 1. The lowest BCUT2D eigenvalue weighted by molar-refractivity contribution is -0.384. The summed E-state index contributed by atoms with van der Waals surface area (Å²) in [7, 11) is 0. The van der Waals surface area contributed by atoms with E-state index in [9.17, 15) is 10.1 Å². The van der Waals surface area contributed by atoms with Crippen molar-refractivity contribution in [3.05, 3.63) is 40.1 Å². The van der Waals surface area contributed by atoms with E-state index in [2.05, 4.69) is 4.98 Å². The number of nitro benzene ring substituents is 1. The molecule has 0 saturated carbocycles. The van der Waals surface area contributed by atoms with Gasteiger partial charge in [-0.3, -0.25) is 10.1 Å². The standard InChI is InChI=1S/C10H10N2O3/c13-4-3-7-6-11-10-2-1-8(12(14)15)5-9(7)10/h1-2,5-6,11,13H,3-4H2. The SMILES string of the molecule is O=[N+]([O-])c1ccc2[nH]cc(CCO)c2c1. The molecule has 2 rings (SSSR count). The van der Waals surface area contributed by atoms with Gasteiger partial charge in [0.2, 0.25) is 0 Å². The summed E-state index contributed by atoms with van der Waals surface area (Å²) in [5, 5.41) is 20.2. The molecule has 1 aromatic heterocycles. The molecular formula is C10H10N2O3. The number of non-ortho nitro benzene ring substituents is 1. The van der Waals surface area contributed by atoms with Crippen molar-refractivity contribution in [1.82, 2.24) is 4.98 Å². The summed E-state index contributed by atoms with van der Waals surface area (Å²) in [4.78, 5) is 13.2. The van der Waals surface area contributed by atoms with Crippen molar-refractivity contribution in [3.63, 3.8) is 0 Å². The first-order valence-corrected chi connectivity index (χ1v) is 4.57. The lowest BCUT2D eigenvalue weighted by Gasteiger charge is -1.95. The number of nitrogens with one attached hydrogen (secondary N) is 1. The smallest absolute Gasteiger partial charge is 0.270 e. The molecule has 0 amide bonds. The summed E-state index contributed by atoms with van der Waals surface area (Å²) in [5.41, 5.74) is 1.82. The second kappa shape index (κ2) is 3.70. The molecule has 2 N–H and O–H groups in total. The van der Waals surface area contributed by atoms with Crippen molar-refractivity contribution in [2.75, 3.05) is 6.61 Å². The Balaban J connectivity index is 2.56. The fourth-order valence-corrected chi connectivity index (χ4v) is 1.61. The van der Waals surface area contributed by atoms with Gasteiger partial charge in [0, 0.05) is 35.8 Å². The van der Waals surface area contributed by atoms with Crippen LogP contribution in [0.3, 0.4) is 0 Å². The zero-order chi connectivity index (χ0) is 10.8. The Bertz CT molecular complexity index is 504. The van der Waals surface area contributed by atoms with E-state index >= 15 is 0 Å². The van der Waals surface area contributed by atoms with E-state index in [0.29, 0.717) is 6.42 Å². The van der Waals surface area contributed by atoms with Crippen molar-refractivity contribution >= 4 is 16.6 Å². The minimum absolute atomic E-state index is 0.0373. The second-order valence-electron chi connectivity index (χ2n) is 3.27. The number of fused-ring (bicyclic) bond motifs is 1. The van der Waals surface area contributed by atoms with Crippen LogP contribution in [0.1, 0.15) is 5.56 Å². The number of H-pyrrole nitrogens is 1. The van der Waals surface area contributed by atoms with Gasteiger partial charge in [0.1, 0.15) is 0 Å². The molecule has 78 valence electrons. The van der Waals surface area contributed by atoms with Crippen LogP contribution in [0.2, 0.25) is 0 Å². The predicted molar refractivity (Wildman–Crippen MR) is 55.7 cm³/mol. The molecule has 0 aliphatic rings. The third kappa shape index (κ3) is 1.69. The number of hydrogen-bond acceptors (Lipinski definition) is 3. The molecule has 0 aliphatic heterocycles. The van der Waals surface area contributed by atoms with E-state index in [4.69, 9.17) is 5.11 Å². The highest BCUT2D eigenvalue weighted by atomic mass is 16.6. The van der Waals surface area contributed by atoms with Crippen LogP contribution >= 0.6 is 0 Å². The summed E-state index contributed by atoms with van der Waals surface area (Å²) in [5.74, 6) is 0. The molecule has 1 aromatic carbocycles. The fraction of sp³-hybridized carbons (Fsp3) is 0.200. The zero-order valence-electron chi connectivity index (χ0n) is 7.93. The van der Waals surface area contributed by atoms with Crippen LogP contribution in [0.5, 0.6) is 0 Å². The van der Waals surface area contributed by atoms with Gasteiger partial charge in [-0.05, 0) is 18.1 Å². The molecule has 5 nitrogen and oxygen atoms in total. The van der Waals surface area contributed by atoms with Gasteiger partial charge in [0.25, 0.3) is 5.69 Å². The molecular weight excluding hydrogens is 196 g/mol. The van der Waals surface area contributed by atoms with Gasteiger partial charge < -0.3 is 10.1 Å². The summed E-state index contributed by atoms with van der Waals surface area (Å²) < 4.78 is 0. The maximum Gasteiger partial charge on any atom is 0.270 e. The van der Waals surface area contributed by atoms with Crippen LogP contribution in [0, 0.1) is 10.1 Å². The molecule has 0 aliphatic carbocycles. The minimum Gasteiger partial charge on any atom is -0.396 e. The number of nitrogens with zero attached hydrogens (tertiary/aromatic N) is 1. The van der Waals surface area contributed by atoms with Crippen LogP contribution in [0.15, 0.2) is 24.4 Å². The molecule has 0 unspecified atom stereocenters. The zero-order valence-corrected chi connectivity index (χ0v) is 7.93. The van der Waals surface area contributed by atoms with Crippen LogP contribution in [-0.4, -0.2) is 21.6 Å². The van der Waals surface area contributed by atoms with E-state index in [-0.39, 0.29) is 12.3 Å². The topological polar surface area (TPSA) is 79.2 Å². The predicted octanol–water partition coefficient (Wildman–Crippen LogP) is 1.61. The van der Waals surface area contributed by atoms with E-state index in [1.54, 1.807) is 12.3 Å². The number of hydrogen-bond donors (Lipinski definition) is 2. The van der Waals surface area contributed by atoms with E-state index < -0.39 is 4.92 Å². The lowest BCUT2D eigenvalue weighted by Crippen LogP contribution is -1.90. The fourth-order valence-electron chi connectivity index (χ4n) is 1.61. The Morgan fingerprint density at radius 2 is 2.27 bits per heavy atom. The highest BCUT2D eigenvalue weighted by Crippen LogP contribution is 2.23. The van der Waals surface area contributed by atoms with Crippen LogP contribution in [0.25, 0.3) is 10.9 Å². The van der Waals surface area contributed by atoms with Crippen LogP contribution in [-0.2, 0) is 6.42 Å². The molecule has 0 saturated heterocycles. The number of aliphatic hydroxyl groups is 1. The van der Waals surface area contributed by atoms with Crippen LogP contribution in [0.4, 0.5) is 5.69 Å². The average molecular weight is 206 g/mol. The molecule has 15 heavy (non-hydrogen) atoms. The molecule has 5 heteroatoms. The number of aromatic amines is 1. The third-order valence-electron chi connectivity index (χ3n) is 2.34.